The Morgan fingerprint density at radius 3 is 2.08 bits per heavy atom. The largest absolute Gasteiger partial charge is 0.314 e. The van der Waals surface area contributed by atoms with Crippen LogP contribution in [0.3, 0.4) is 0 Å². The molecule has 0 aromatic rings. The second-order valence-corrected chi connectivity index (χ2v) is 3.45. The molecule has 0 saturated carbocycles. The summed E-state index contributed by atoms with van der Waals surface area (Å²) >= 11 is 0. The minimum Gasteiger partial charge on any atom is -0.314 e. The molecule has 0 aliphatic carbocycles. The number of hydrogen-bond donors (Lipinski definition) is 1. The zero-order chi connectivity index (χ0) is 9.40. The van der Waals surface area contributed by atoms with Crippen LogP contribution in [0.2, 0.25) is 0 Å². The lowest BCUT2D eigenvalue weighted by molar-refractivity contribution is 0.340. The molecule has 0 saturated heterocycles. The summed E-state index contributed by atoms with van der Waals surface area (Å²) in [7, 11) is 6.34. The van der Waals surface area contributed by atoms with Gasteiger partial charge in [-0.25, -0.2) is 0 Å². The van der Waals surface area contributed by atoms with Crippen LogP contribution in [0.4, 0.5) is 0 Å². The lowest BCUT2D eigenvalue weighted by Gasteiger charge is -2.15. The molecule has 12 heavy (non-hydrogen) atoms. The van der Waals surface area contributed by atoms with Crippen LogP contribution in [0.15, 0.2) is 0 Å². The molecule has 1 N–H and O–H groups in total. The highest BCUT2D eigenvalue weighted by Crippen LogP contribution is 1.77. The molecule has 0 fully saturated rings. The maximum Gasteiger partial charge on any atom is 0.0104 e. The average molecular weight is 173 g/mol. The van der Waals surface area contributed by atoms with Gasteiger partial charge in [-0.15, -0.1) is 0 Å². The van der Waals surface area contributed by atoms with Crippen molar-refractivity contribution in [3.63, 3.8) is 0 Å². The predicted octanol–water partition coefficient (Wildman–Crippen LogP) is 0.0893. The maximum absolute atomic E-state index is 3.40. The van der Waals surface area contributed by atoms with Gasteiger partial charge in [0.25, 0.3) is 0 Å². The molecule has 3 heteroatoms. The molecule has 0 bridgehead atoms. The van der Waals surface area contributed by atoms with E-state index in [4.69, 9.17) is 0 Å². The van der Waals surface area contributed by atoms with E-state index in [-0.39, 0.29) is 0 Å². The van der Waals surface area contributed by atoms with E-state index in [9.17, 15) is 0 Å². The fourth-order valence-corrected chi connectivity index (χ4v) is 0.856. The molecule has 0 aromatic carbocycles. The van der Waals surface area contributed by atoms with Crippen molar-refractivity contribution in [2.24, 2.45) is 0 Å². The van der Waals surface area contributed by atoms with E-state index in [2.05, 4.69) is 43.2 Å². The first-order chi connectivity index (χ1) is 5.66. The molecular weight excluding hydrogens is 150 g/mol. The quantitative estimate of drug-likeness (QED) is 0.550. The van der Waals surface area contributed by atoms with Gasteiger partial charge in [0.15, 0.2) is 0 Å². The first kappa shape index (κ1) is 11.9. The zero-order valence-electron chi connectivity index (χ0n) is 8.93. The van der Waals surface area contributed by atoms with E-state index in [1.54, 1.807) is 0 Å². The lowest BCUT2D eigenvalue weighted by Crippen LogP contribution is -2.33. The highest BCUT2D eigenvalue weighted by molar-refractivity contribution is 4.54. The smallest absolute Gasteiger partial charge is 0.0104 e. The first-order valence-corrected chi connectivity index (χ1v) is 4.70. The summed E-state index contributed by atoms with van der Waals surface area (Å²) in [5, 5.41) is 3.40. The second kappa shape index (κ2) is 7.53. The fraction of sp³-hybridized carbons (Fsp3) is 1.00. The van der Waals surface area contributed by atoms with Crippen LogP contribution in [0.1, 0.15) is 6.92 Å². The normalized spacial score (nSPS) is 11.5. The summed E-state index contributed by atoms with van der Waals surface area (Å²) in [5.74, 6) is 0. The summed E-state index contributed by atoms with van der Waals surface area (Å²) < 4.78 is 0. The third-order valence-corrected chi connectivity index (χ3v) is 1.95. The van der Waals surface area contributed by atoms with Crippen molar-refractivity contribution < 1.29 is 0 Å². The van der Waals surface area contributed by atoms with E-state index >= 15 is 0 Å². The van der Waals surface area contributed by atoms with Gasteiger partial charge in [-0.3, -0.25) is 0 Å². The maximum atomic E-state index is 3.40. The minimum absolute atomic E-state index is 1.09. The van der Waals surface area contributed by atoms with Gasteiger partial charge in [0.1, 0.15) is 0 Å². The molecule has 0 rings (SSSR count). The minimum atomic E-state index is 1.09. The zero-order valence-corrected chi connectivity index (χ0v) is 8.93. The molecule has 0 amide bonds. The molecule has 0 aliphatic heterocycles. The Bertz CT molecular complexity index is 93.8. The van der Waals surface area contributed by atoms with Crippen LogP contribution in [-0.2, 0) is 0 Å². The molecule has 3 nitrogen and oxygen atoms in total. The van der Waals surface area contributed by atoms with Crippen LogP contribution in [0.25, 0.3) is 0 Å². The topological polar surface area (TPSA) is 18.5 Å². The summed E-state index contributed by atoms with van der Waals surface area (Å²) in [4.78, 5) is 4.50. The highest BCUT2D eigenvalue weighted by atomic mass is 15.1. The Morgan fingerprint density at radius 1 is 1.00 bits per heavy atom. The van der Waals surface area contributed by atoms with E-state index in [1.165, 1.54) is 0 Å². The van der Waals surface area contributed by atoms with Gasteiger partial charge in [0, 0.05) is 26.2 Å². The predicted molar refractivity (Wildman–Crippen MR) is 54.6 cm³/mol. The van der Waals surface area contributed by atoms with Crippen LogP contribution in [-0.4, -0.2) is 63.7 Å². The van der Waals surface area contributed by atoms with Crippen molar-refractivity contribution in [1.82, 2.24) is 15.1 Å². The highest BCUT2D eigenvalue weighted by Gasteiger charge is 1.93. The number of rotatable bonds is 7. The van der Waals surface area contributed by atoms with Gasteiger partial charge in [0.2, 0.25) is 0 Å². The van der Waals surface area contributed by atoms with Gasteiger partial charge in [-0.2, -0.15) is 0 Å². The van der Waals surface area contributed by atoms with Crippen molar-refractivity contribution >= 4 is 0 Å². The molecular formula is C9H23N3. The third kappa shape index (κ3) is 7.98. The molecule has 0 atom stereocenters. The number of likely N-dealkylation sites (N-methyl/N-ethyl adjacent to an activating group) is 2. The van der Waals surface area contributed by atoms with Gasteiger partial charge in [0.05, 0.1) is 0 Å². The SMILES string of the molecule is CCN(C)CCNCCN(C)C. The van der Waals surface area contributed by atoms with Crippen molar-refractivity contribution in [3.8, 4) is 0 Å². The second-order valence-electron chi connectivity index (χ2n) is 3.45. The number of nitrogens with zero attached hydrogens (tertiary/aromatic N) is 2. The standard InChI is InChI=1S/C9H23N3/c1-5-12(4)9-7-10-6-8-11(2)3/h10H,5-9H2,1-4H3. The van der Waals surface area contributed by atoms with Gasteiger partial charge in [-0.05, 0) is 27.7 Å². The molecule has 0 radical (unpaired) electrons. The van der Waals surface area contributed by atoms with Gasteiger partial charge in [-0.1, -0.05) is 6.92 Å². The van der Waals surface area contributed by atoms with E-state index < -0.39 is 0 Å². The molecule has 0 aliphatic rings. The van der Waals surface area contributed by atoms with Crippen LogP contribution < -0.4 is 5.32 Å². The first-order valence-electron chi connectivity index (χ1n) is 4.70. The Hall–Kier alpha value is -0.120. The van der Waals surface area contributed by atoms with Gasteiger partial charge < -0.3 is 15.1 Å². The third-order valence-electron chi connectivity index (χ3n) is 1.95. The molecule has 0 heterocycles. The Labute approximate surface area is 76.7 Å². The van der Waals surface area contributed by atoms with E-state index in [0.717, 1.165) is 32.7 Å². The van der Waals surface area contributed by atoms with Crippen molar-refractivity contribution in [2.75, 3.05) is 53.9 Å². The van der Waals surface area contributed by atoms with Crippen molar-refractivity contribution in [2.45, 2.75) is 6.92 Å². The van der Waals surface area contributed by atoms with Crippen LogP contribution >= 0.6 is 0 Å². The van der Waals surface area contributed by atoms with Crippen LogP contribution in [0, 0.1) is 0 Å². The molecule has 0 unspecified atom stereocenters. The summed E-state index contributed by atoms with van der Waals surface area (Å²) in [5.41, 5.74) is 0. The van der Waals surface area contributed by atoms with Crippen molar-refractivity contribution in [1.29, 1.82) is 0 Å². The number of hydrogen-bond acceptors (Lipinski definition) is 3. The van der Waals surface area contributed by atoms with Gasteiger partial charge >= 0.3 is 0 Å². The Balaban J connectivity index is 3.00. The summed E-state index contributed by atoms with van der Waals surface area (Å²) in [6.07, 6.45) is 0. The fourth-order valence-electron chi connectivity index (χ4n) is 0.856. The molecule has 74 valence electrons. The average Bonchev–Trinajstić information content (AvgIpc) is 2.03. The monoisotopic (exact) mass is 173 g/mol. The lowest BCUT2D eigenvalue weighted by atomic mass is 10.5. The number of nitrogens with one attached hydrogen (secondary N) is 1. The van der Waals surface area contributed by atoms with Crippen LogP contribution in [0.5, 0.6) is 0 Å². The summed E-state index contributed by atoms with van der Waals surface area (Å²) in [6.45, 7) is 7.76. The van der Waals surface area contributed by atoms with E-state index in [1.807, 2.05) is 0 Å². The summed E-state index contributed by atoms with van der Waals surface area (Å²) in [6, 6.07) is 0. The van der Waals surface area contributed by atoms with Crippen molar-refractivity contribution in [3.05, 3.63) is 0 Å². The molecule has 0 spiro atoms. The Morgan fingerprint density at radius 2 is 1.58 bits per heavy atom. The van der Waals surface area contributed by atoms with E-state index in [0.29, 0.717) is 0 Å². The molecule has 0 aromatic heterocycles. The Kier molecular flexibility index (Phi) is 7.45.